The molecule has 0 bridgehead atoms. The zero-order valence-corrected chi connectivity index (χ0v) is 9.91. The number of aryl methyl sites for hydroxylation is 2. The van der Waals surface area contributed by atoms with Crippen molar-refractivity contribution in [1.29, 1.82) is 0 Å². The fourth-order valence-corrected chi connectivity index (χ4v) is 1.72. The van der Waals surface area contributed by atoms with E-state index in [1.807, 2.05) is 6.92 Å². The number of nitrogens with two attached hydrogens (primary N) is 1. The van der Waals surface area contributed by atoms with E-state index in [9.17, 15) is 0 Å². The van der Waals surface area contributed by atoms with E-state index in [4.69, 9.17) is 5.84 Å². The van der Waals surface area contributed by atoms with Crippen molar-refractivity contribution in [3.05, 3.63) is 23.0 Å². The number of hydrogen-bond donors (Lipinski definition) is 2. The molecular weight excluding hydrogens is 188 g/mol. The molecule has 1 heterocycles. The van der Waals surface area contributed by atoms with E-state index in [0.29, 0.717) is 5.92 Å². The molecule has 0 aliphatic heterocycles. The lowest BCUT2D eigenvalue weighted by atomic mass is 9.94. The standard InChI is InChI=1S/C11H20N4/c1-5-10-9(6-8(4)14-15-10)11(13-12)7(2)3/h6-7,11,13H,5,12H2,1-4H3. The van der Waals surface area contributed by atoms with Gasteiger partial charge in [-0.2, -0.15) is 10.2 Å². The third-order valence-corrected chi connectivity index (χ3v) is 2.54. The Morgan fingerprint density at radius 1 is 1.40 bits per heavy atom. The van der Waals surface area contributed by atoms with E-state index in [-0.39, 0.29) is 6.04 Å². The Bertz CT molecular complexity index is 322. The number of hydrogen-bond acceptors (Lipinski definition) is 4. The van der Waals surface area contributed by atoms with E-state index < -0.39 is 0 Å². The fraction of sp³-hybridized carbons (Fsp3) is 0.636. The summed E-state index contributed by atoms with van der Waals surface area (Å²) in [6, 6.07) is 2.21. The molecule has 4 nitrogen and oxygen atoms in total. The SMILES string of the molecule is CCc1nnc(C)cc1C(NN)C(C)C. The Balaban J connectivity index is 3.13. The minimum Gasteiger partial charge on any atom is -0.271 e. The van der Waals surface area contributed by atoms with Crippen LogP contribution in [0.3, 0.4) is 0 Å². The lowest BCUT2D eigenvalue weighted by Gasteiger charge is -2.22. The second-order valence-electron chi connectivity index (χ2n) is 4.13. The van der Waals surface area contributed by atoms with Gasteiger partial charge in [0.25, 0.3) is 0 Å². The molecule has 15 heavy (non-hydrogen) atoms. The van der Waals surface area contributed by atoms with Crippen LogP contribution in [0.15, 0.2) is 6.07 Å². The maximum atomic E-state index is 5.58. The molecule has 3 N–H and O–H groups in total. The first kappa shape index (κ1) is 12.1. The van der Waals surface area contributed by atoms with E-state index in [2.05, 4.69) is 42.5 Å². The molecule has 0 spiro atoms. The summed E-state index contributed by atoms with van der Waals surface area (Å²) in [7, 11) is 0. The van der Waals surface area contributed by atoms with E-state index >= 15 is 0 Å². The first-order valence-corrected chi connectivity index (χ1v) is 5.39. The first-order valence-electron chi connectivity index (χ1n) is 5.39. The van der Waals surface area contributed by atoms with Crippen LogP contribution in [-0.2, 0) is 6.42 Å². The normalized spacial score (nSPS) is 13.2. The summed E-state index contributed by atoms with van der Waals surface area (Å²) in [6.45, 7) is 8.31. The van der Waals surface area contributed by atoms with Crippen molar-refractivity contribution in [3.8, 4) is 0 Å². The Morgan fingerprint density at radius 3 is 2.53 bits per heavy atom. The molecule has 1 rings (SSSR count). The van der Waals surface area contributed by atoms with Gasteiger partial charge < -0.3 is 0 Å². The highest BCUT2D eigenvalue weighted by molar-refractivity contribution is 5.25. The lowest BCUT2D eigenvalue weighted by molar-refractivity contribution is 0.416. The van der Waals surface area contributed by atoms with Crippen LogP contribution >= 0.6 is 0 Å². The van der Waals surface area contributed by atoms with Crippen molar-refractivity contribution in [2.75, 3.05) is 0 Å². The highest BCUT2D eigenvalue weighted by atomic mass is 15.2. The Kier molecular flexibility index (Phi) is 4.17. The Morgan fingerprint density at radius 2 is 2.07 bits per heavy atom. The van der Waals surface area contributed by atoms with Gasteiger partial charge in [0.05, 0.1) is 17.4 Å². The average molecular weight is 208 g/mol. The van der Waals surface area contributed by atoms with Crippen molar-refractivity contribution < 1.29 is 0 Å². The molecular formula is C11H20N4. The summed E-state index contributed by atoms with van der Waals surface area (Å²) in [5.74, 6) is 6.02. The molecule has 0 aliphatic rings. The molecule has 0 radical (unpaired) electrons. The summed E-state index contributed by atoms with van der Waals surface area (Å²) in [5, 5.41) is 8.27. The van der Waals surface area contributed by atoms with Crippen molar-refractivity contribution >= 4 is 0 Å². The summed E-state index contributed by atoms with van der Waals surface area (Å²) >= 11 is 0. The van der Waals surface area contributed by atoms with Crippen LogP contribution in [0.1, 0.15) is 43.8 Å². The molecule has 0 saturated heterocycles. The van der Waals surface area contributed by atoms with Crippen LogP contribution < -0.4 is 11.3 Å². The van der Waals surface area contributed by atoms with Gasteiger partial charge in [-0.3, -0.25) is 11.3 Å². The second kappa shape index (κ2) is 5.19. The van der Waals surface area contributed by atoms with Gasteiger partial charge in [-0.25, -0.2) is 0 Å². The van der Waals surface area contributed by atoms with Gasteiger partial charge in [0.1, 0.15) is 0 Å². The molecule has 1 atom stereocenters. The molecule has 0 fully saturated rings. The molecule has 84 valence electrons. The van der Waals surface area contributed by atoms with Crippen LogP contribution in [0.25, 0.3) is 0 Å². The van der Waals surface area contributed by atoms with Gasteiger partial charge in [-0.1, -0.05) is 20.8 Å². The molecule has 0 aliphatic carbocycles. The smallest absolute Gasteiger partial charge is 0.0676 e. The van der Waals surface area contributed by atoms with Gasteiger partial charge in [-0.05, 0) is 30.9 Å². The monoisotopic (exact) mass is 208 g/mol. The highest BCUT2D eigenvalue weighted by Gasteiger charge is 2.18. The predicted octanol–water partition coefficient (Wildman–Crippen LogP) is 1.51. The van der Waals surface area contributed by atoms with Crippen LogP contribution in [-0.4, -0.2) is 10.2 Å². The largest absolute Gasteiger partial charge is 0.271 e. The van der Waals surface area contributed by atoms with Gasteiger partial charge >= 0.3 is 0 Å². The van der Waals surface area contributed by atoms with Crippen molar-refractivity contribution in [3.63, 3.8) is 0 Å². The maximum Gasteiger partial charge on any atom is 0.0676 e. The summed E-state index contributed by atoms with van der Waals surface area (Å²) < 4.78 is 0. The van der Waals surface area contributed by atoms with Crippen LogP contribution in [0.2, 0.25) is 0 Å². The third-order valence-electron chi connectivity index (χ3n) is 2.54. The van der Waals surface area contributed by atoms with Crippen molar-refractivity contribution in [2.24, 2.45) is 11.8 Å². The third kappa shape index (κ3) is 2.73. The fourth-order valence-electron chi connectivity index (χ4n) is 1.72. The Hall–Kier alpha value is -1.00. The number of nitrogens with one attached hydrogen (secondary N) is 1. The van der Waals surface area contributed by atoms with Gasteiger partial charge in [0.15, 0.2) is 0 Å². The van der Waals surface area contributed by atoms with Crippen LogP contribution in [0.4, 0.5) is 0 Å². The molecule has 0 aromatic carbocycles. The maximum absolute atomic E-state index is 5.58. The summed E-state index contributed by atoms with van der Waals surface area (Å²) in [4.78, 5) is 0. The topological polar surface area (TPSA) is 63.8 Å². The second-order valence-corrected chi connectivity index (χ2v) is 4.13. The van der Waals surface area contributed by atoms with E-state index in [0.717, 1.165) is 17.8 Å². The zero-order chi connectivity index (χ0) is 11.4. The van der Waals surface area contributed by atoms with Gasteiger partial charge in [0, 0.05) is 0 Å². The molecule has 0 amide bonds. The Labute approximate surface area is 91.3 Å². The highest BCUT2D eigenvalue weighted by Crippen LogP contribution is 2.23. The van der Waals surface area contributed by atoms with E-state index in [1.54, 1.807) is 0 Å². The van der Waals surface area contributed by atoms with Crippen molar-refractivity contribution in [2.45, 2.75) is 40.2 Å². The molecule has 1 aromatic heterocycles. The van der Waals surface area contributed by atoms with Crippen LogP contribution in [0, 0.1) is 12.8 Å². The lowest BCUT2D eigenvalue weighted by Crippen LogP contribution is -2.32. The van der Waals surface area contributed by atoms with E-state index in [1.165, 1.54) is 5.56 Å². The first-order chi connectivity index (χ1) is 7.10. The van der Waals surface area contributed by atoms with Crippen molar-refractivity contribution in [1.82, 2.24) is 15.6 Å². The zero-order valence-electron chi connectivity index (χ0n) is 9.91. The predicted molar refractivity (Wildman–Crippen MR) is 61.0 cm³/mol. The summed E-state index contributed by atoms with van der Waals surface area (Å²) in [6.07, 6.45) is 0.882. The minimum atomic E-state index is 0.147. The minimum absolute atomic E-state index is 0.147. The number of aromatic nitrogens is 2. The van der Waals surface area contributed by atoms with Crippen LogP contribution in [0.5, 0.6) is 0 Å². The number of rotatable bonds is 4. The molecule has 1 unspecified atom stereocenters. The average Bonchev–Trinajstić information content (AvgIpc) is 2.18. The molecule has 0 saturated carbocycles. The van der Waals surface area contributed by atoms with Gasteiger partial charge in [-0.15, -0.1) is 0 Å². The number of nitrogens with zero attached hydrogens (tertiary/aromatic N) is 2. The summed E-state index contributed by atoms with van der Waals surface area (Å²) in [5.41, 5.74) is 5.98. The van der Waals surface area contributed by atoms with Gasteiger partial charge in [0.2, 0.25) is 0 Å². The quantitative estimate of drug-likeness (QED) is 0.581. The molecule has 4 heteroatoms. The number of hydrazine groups is 1. The molecule has 1 aromatic rings.